The molecule has 0 heterocycles. The van der Waals surface area contributed by atoms with Crippen LogP contribution in [0.25, 0.3) is 0 Å². The average molecular weight is 975 g/mol. The Balaban J connectivity index is 4.62. The molecule has 0 aromatic carbocycles. The molecule has 0 aliphatic heterocycles. The molecule has 0 fully saturated rings. The molecule has 0 unspecified atom stereocenters. The van der Waals surface area contributed by atoms with Crippen LogP contribution in [0.2, 0.25) is 0 Å². The number of ether oxygens (including phenoxy) is 3. The molecule has 0 saturated carbocycles. The molecule has 0 aromatic rings. The smallest absolute Gasteiger partial charge is 0.306 e. The van der Waals surface area contributed by atoms with Crippen molar-refractivity contribution >= 4 is 17.9 Å². The van der Waals surface area contributed by atoms with Crippen molar-refractivity contribution in [1.82, 2.24) is 0 Å². The Hall–Kier alpha value is -5.23. The van der Waals surface area contributed by atoms with Gasteiger partial charge in [0.05, 0.1) is 0 Å². The van der Waals surface area contributed by atoms with Gasteiger partial charge in [0.25, 0.3) is 0 Å². The van der Waals surface area contributed by atoms with Crippen molar-refractivity contribution in [3.63, 3.8) is 0 Å². The number of allylic oxidation sites excluding steroid dienone is 28. The SMILES string of the molecule is CC/C=C\C/C=C\C/C=C\C/C=C\C/C=C\CCCCCC(=O)OC[C@H](COC(=O)CCCC/C=C\C/C=C\C/C=C\C/C=C\CC)OC(=O)CCCCC/C=C\C/C=C\C/C=C\C/C=C\C/C=C\CC. The highest BCUT2D eigenvalue weighted by Crippen LogP contribution is 2.11. The van der Waals surface area contributed by atoms with Crippen LogP contribution in [-0.2, 0) is 28.6 Å². The van der Waals surface area contributed by atoms with E-state index in [0.717, 1.165) is 148 Å². The first-order valence-corrected chi connectivity index (χ1v) is 27.6. The van der Waals surface area contributed by atoms with Crippen molar-refractivity contribution in [2.75, 3.05) is 13.2 Å². The Morgan fingerprint density at radius 1 is 0.282 bits per heavy atom. The standard InChI is InChI=1S/C65H98O6/c1-4-7-10-13-16-19-22-25-28-30-32-34-37-40-43-46-49-52-55-58-64(67)70-61-62(60-69-63(66)57-54-51-48-45-42-39-36-27-24-21-18-15-12-9-6-3)71-65(68)59-56-53-50-47-44-41-38-35-33-31-29-26-23-20-17-14-11-8-5-2/h7-12,16-21,25-29,32-36,40-45,62H,4-6,13-15,22-24,30-31,37-39,46-61H2,1-3H3/b10-7-,11-8-,12-9-,19-16-,20-17-,21-18-,28-25-,29-26-,34-32-,35-33-,36-27-,43-40-,44-41-,45-42-/t62-/m0/s1. The summed E-state index contributed by atoms with van der Waals surface area (Å²) in [5, 5.41) is 0. The summed E-state index contributed by atoms with van der Waals surface area (Å²) >= 11 is 0. The van der Waals surface area contributed by atoms with E-state index in [-0.39, 0.29) is 44.0 Å². The van der Waals surface area contributed by atoms with Crippen LogP contribution < -0.4 is 0 Å². The summed E-state index contributed by atoms with van der Waals surface area (Å²) in [6.07, 6.45) is 84.8. The molecule has 0 aromatic heterocycles. The van der Waals surface area contributed by atoms with Gasteiger partial charge in [-0.15, -0.1) is 0 Å². The zero-order chi connectivity index (χ0) is 51.4. The molecule has 6 nitrogen and oxygen atoms in total. The van der Waals surface area contributed by atoms with Gasteiger partial charge in [-0.05, 0) is 148 Å². The highest BCUT2D eigenvalue weighted by Gasteiger charge is 2.19. The van der Waals surface area contributed by atoms with E-state index in [1.807, 2.05) is 0 Å². The first kappa shape index (κ1) is 65.8. The van der Waals surface area contributed by atoms with Crippen molar-refractivity contribution in [2.45, 2.75) is 207 Å². The first-order valence-electron chi connectivity index (χ1n) is 27.6. The summed E-state index contributed by atoms with van der Waals surface area (Å²) in [7, 11) is 0. The van der Waals surface area contributed by atoms with Gasteiger partial charge in [-0.2, -0.15) is 0 Å². The van der Waals surface area contributed by atoms with E-state index in [1.165, 1.54) is 0 Å². The van der Waals surface area contributed by atoms with Crippen LogP contribution in [0.1, 0.15) is 201 Å². The summed E-state index contributed by atoms with van der Waals surface area (Å²) in [5.74, 6) is -1.05. The summed E-state index contributed by atoms with van der Waals surface area (Å²) in [6.45, 7) is 6.18. The summed E-state index contributed by atoms with van der Waals surface area (Å²) in [4.78, 5) is 38.1. The second-order valence-electron chi connectivity index (χ2n) is 17.3. The van der Waals surface area contributed by atoms with Crippen molar-refractivity contribution < 1.29 is 28.6 Å². The van der Waals surface area contributed by atoms with Crippen molar-refractivity contribution in [3.8, 4) is 0 Å². The molecule has 0 aliphatic rings. The number of carbonyl (C=O) groups is 3. The van der Waals surface area contributed by atoms with Gasteiger partial charge in [-0.25, -0.2) is 0 Å². The lowest BCUT2D eigenvalue weighted by Gasteiger charge is -2.18. The molecule has 0 spiro atoms. The average Bonchev–Trinajstić information content (AvgIpc) is 3.37. The lowest BCUT2D eigenvalue weighted by atomic mass is 10.1. The van der Waals surface area contributed by atoms with Gasteiger partial charge >= 0.3 is 17.9 Å². The summed E-state index contributed by atoms with van der Waals surface area (Å²) < 4.78 is 16.8. The number of hydrogen-bond donors (Lipinski definition) is 0. The molecule has 0 aliphatic carbocycles. The second kappa shape index (κ2) is 57.3. The Morgan fingerprint density at radius 2 is 0.507 bits per heavy atom. The third-order valence-electron chi connectivity index (χ3n) is 10.7. The maximum Gasteiger partial charge on any atom is 0.306 e. The Morgan fingerprint density at radius 3 is 0.789 bits per heavy atom. The minimum Gasteiger partial charge on any atom is -0.462 e. The highest BCUT2D eigenvalue weighted by atomic mass is 16.6. The zero-order valence-electron chi connectivity index (χ0n) is 44.9. The van der Waals surface area contributed by atoms with E-state index in [4.69, 9.17) is 14.2 Å². The maximum atomic E-state index is 12.8. The third-order valence-corrected chi connectivity index (χ3v) is 10.7. The van der Waals surface area contributed by atoms with Crippen LogP contribution >= 0.6 is 0 Å². The van der Waals surface area contributed by atoms with Crippen LogP contribution in [0, 0.1) is 0 Å². The lowest BCUT2D eigenvalue weighted by molar-refractivity contribution is -0.167. The molecule has 0 bridgehead atoms. The number of unbranched alkanes of at least 4 members (excludes halogenated alkanes) is 8. The van der Waals surface area contributed by atoms with Gasteiger partial charge < -0.3 is 14.2 Å². The van der Waals surface area contributed by atoms with Gasteiger partial charge in [0.1, 0.15) is 13.2 Å². The minimum atomic E-state index is -0.837. The quantitative estimate of drug-likeness (QED) is 0.0262. The molecule has 0 amide bonds. The zero-order valence-corrected chi connectivity index (χ0v) is 44.9. The van der Waals surface area contributed by atoms with E-state index < -0.39 is 6.10 Å². The molecular formula is C65H98O6. The topological polar surface area (TPSA) is 78.9 Å². The fourth-order valence-electron chi connectivity index (χ4n) is 6.66. The Kier molecular flexibility index (Phi) is 53.1. The van der Waals surface area contributed by atoms with Gasteiger partial charge in [0.2, 0.25) is 0 Å². The number of hydrogen-bond acceptors (Lipinski definition) is 6. The molecule has 1 atom stereocenters. The molecule has 0 radical (unpaired) electrons. The molecule has 0 rings (SSSR count). The maximum absolute atomic E-state index is 12.8. The normalized spacial score (nSPS) is 13.5. The highest BCUT2D eigenvalue weighted by molar-refractivity contribution is 5.71. The van der Waals surface area contributed by atoms with Crippen LogP contribution in [0.4, 0.5) is 0 Å². The Bertz CT molecular complexity index is 1690. The fourth-order valence-corrected chi connectivity index (χ4v) is 6.66. The van der Waals surface area contributed by atoms with E-state index in [1.54, 1.807) is 0 Å². The summed E-state index contributed by atoms with van der Waals surface area (Å²) in [6, 6.07) is 0. The molecule has 0 N–H and O–H groups in total. The van der Waals surface area contributed by atoms with Gasteiger partial charge in [0, 0.05) is 19.3 Å². The van der Waals surface area contributed by atoms with Crippen molar-refractivity contribution in [1.29, 1.82) is 0 Å². The first-order chi connectivity index (χ1) is 35.0. The molecular weight excluding hydrogens is 877 g/mol. The molecule has 6 heteroatoms. The third kappa shape index (κ3) is 55.6. The number of rotatable bonds is 47. The van der Waals surface area contributed by atoms with Gasteiger partial charge in [0.15, 0.2) is 6.10 Å². The van der Waals surface area contributed by atoms with E-state index in [9.17, 15) is 14.4 Å². The van der Waals surface area contributed by atoms with E-state index in [2.05, 4.69) is 191 Å². The minimum absolute atomic E-state index is 0.131. The lowest BCUT2D eigenvalue weighted by Crippen LogP contribution is -2.30. The predicted octanol–water partition coefficient (Wildman–Crippen LogP) is 18.8. The van der Waals surface area contributed by atoms with E-state index in [0.29, 0.717) is 19.3 Å². The van der Waals surface area contributed by atoms with Crippen LogP contribution in [0.15, 0.2) is 170 Å². The fraction of sp³-hybridized carbons (Fsp3) is 0.523. The monoisotopic (exact) mass is 975 g/mol. The largest absolute Gasteiger partial charge is 0.462 e. The number of esters is 3. The number of carbonyl (C=O) groups excluding carboxylic acids is 3. The van der Waals surface area contributed by atoms with E-state index >= 15 is 0 Å². The molecule has 394 valence electrons. The van der Waals surface area contributed by atoms with Crippen LogP contribution in [0.3, 0.4) is 0 Å². The van der Waals surface area contributed by atoms with Crippen LogP contribution in [0.5, 0.6) is 0 Å². The van der Waals surface area contributed by atoms with Gasteiger partial charge in [-0.1, -0.05) is 204 Å². The predicted molar refractivity (Wildman–Crippen MR) is 306 cm³/mol. The molecule has 0 saturated heterocycles. The van der Waals surface area contributed by atoms with Gasteiger partial charge in [-0.3, -0.25) is 14.4 Å². The summed E-state index contributed by atoms with van der Waals surface area (Å²) in [5.41, 5.74) is 0. The van der Waals surface area contributed by atoms with Crippen molar-refractivity contribution in [3.05, 3.63) is 170 Å². The van der Waals surface area contributed by atoms with Crippen LogP contribution in [-0.4, -0.2) is 37.2 Å². The van der Waals surface area contributed by atoms with Crippen molar-refractivity contribution in [2.24, 2.45) is 0 Å². The second-order valence-corrected chi connectivity index (χ2v) is 17.3. The molecule has 71 heavy (non-hydrogen) atoms. The Labute approximate surface area is 434 Å².